The van der Waals surface area contributed by atoms with Crippen LogP contribution in [0.2, 0.25) is 0 Å². The molecule has 58 heavy (non-hydrogen) atoms. The lowest BCUT2D eigenvalue weighted by Crippen LogP contribution is -2.51. The third kappa shape index (κ3) is 7.91. The largest absolute Gasteiger partial charge is 0.0940 e. The van der Waals surface area contributed by atoms with Crippen LogP contribution in [0.5, 0.6) is 0 Å². The van der Waals surface area contributed by atoms with Crippen molar-refractivity contribution in [2.45, 2.75) is 168 Å². The standard InChI is InChI=1S/C54H78P4/c1-8-11-13-14-23-34-55-53-51(57(55)48-32-21-17-27-40(48)6)47(50-43(25-10-3)36-42-30-19-20-31-46(42)50)38-45-37-44(29-12-9-2)52-54(45,53)56(35-24-15-16-26-39(4)5)58(52)49-33-22-18-28-41(49)7/h17-22,27-28,30-33,38-39,42-46,50,52H,8-16,23-26,29,34-37H2,1-7H3. The Morgan fingerprint density at radius 2 is 1.38 bits per heavy atom. The highest BCUT2D eigenvalue weighted by atomic mass is 32.1. The zero-order chi connectivity index (χ0) is 40.4. The molecule has 3 aromatic rings. The Morgan fingerprint density at radius 3 is 2.10 bits per heavy atom. The first kappa shape index (κ1) is 43.5. The molecule has 1 spiro atoms. The van der Waals surface area contributed by atoms with E-state index in [0.29, 0.717) is 17.0 Å². The molecular formula is C54H78P4. The number of fused-ring (bicyclic) bond motifs is 2. The van der Waals surface area contributed by atoms with E-state index in [1.54, 1.807) is 16.4 Å². The molecule has 4 heteroatoms. The van der Waals surface area contributed by atoms with Crippen molar-refractivity contribution in [2.75, 3.05) is 6.16 Å². The number of benzene rings is 2. The van der Waals surface area contributed by atoms with Gasteiger partial charge in [-0.15, -0.1) is 0 Å². The average molecular weight is 851 g/mol. The summed E-state index contributed by atoms with van der Waals surface area (Å²) in [5.41, 5.74) is 6.04. The predicted molar refractivity (Wildman–Crippen MR) is 266 cm³/mol. The predicted octanol–water partition coefficient (Wildman–Crippen LogP) is 18.3. The Kier molecular flexibility index (Phi) is 14.6. The van der Waals surface area contributed by atoms with Crippen LogP contribution in [0, 0.1) is 55.3 Å². The lowest BCUT2D eigenvalue weighted by atomic mass is 9.73. The average Bonchev–Trinajstić information content (AvgIpc) is 3.70. The smallest absolute Gasteiger partial charge is 0.0385 e. The maximum Gasteiger partial charge on any atom is 0.0385 e. The molecule has 8 rings (SSSR count). The van der Waals surface area contributed by atoms with Crippen LogP contribution in [0.1, 0.15) is 159 Å². The third-order valence-corrected chi connectivity index (χ3v) is 34.0. The van der Waals surface area contributed by atoms with Crippen molar-refractivity contribution < 1.29 is 0 Å². The van der Waals surface area contributed by atoms with E-state index in [-0.39, 0.29) is 29.6 Å². The summed E-state index contributed by atoms with van der Waals surface area (Å²) in [7, 11) is -0.705. The second-order valence-electron chi connectivity index (χ2n) is 19.8. The van der Waals surface area contributed by atoms with Gasteiger partial charge >= 0.3 is 0 Å². The first-order valence-electron chi connectivity index (χ1n) is 24.4. The van der Waals surface area contributed by atoms with E-state index in [2.05, 4.69) is 133 Å². The minimum absolute atomic E-state index is 0.108. The molecule has 0 N–H and O–H groups in total. The first-order valence-corrected chi connectivity index (χ1v) is 31.7. The molecule has 2 saturated carbocycles. The van der Waals surface area contributed by atoms with Gasteiger partial charge in [0.25, 0.3) is 0 Å². The van der Waals surface area contributed by atoms with E-state index in [0.717, 1.165) is 35.2 Å². The van der Waals surface area contributed by atoms with Crippen molar-refractivity contribution in [1.82, 2.24) is 0 Å². The first-order chi connectivity index (χ1) is 28.4. The molecule has 0 radical (unpaired) electrons. The third-order valence-electron chi connectivity index (χ3n) is 15.5. The Labute approximate surface area is 360 Å². The molecule has 12 atom stereocenters. The van der Waals surface area contributed by atoms with Crippen molar-refractivity contribution in [3.8, 4) is 5.30 Å². The molecule has 0 amide bonds. The van der Waals surface area contributed by atoms with E-state index < -0.39 is 0 Å². The van der Waals surface area contributed by atoms with Crippen molar-refractivity contribution in [2.24, 2.45) is 41.4 Å². The molecule has 314 valence electrons. The molecule has 1 aliphatic heterocycles. The van der Waals surface area contributed by atoms with Crippen molar-refractivity contribution in [3.63, 3.8) is 0 Å². The summed E-state index contributed by atoms with van der Waals surface area (Å²) in [6.07, 6.45) is 39.0. The van der Waals surface area contributed by atoms with Gasteiger partial charge < -0.3 is 0 Å². The van der Waals surface area contributed by atoms with Crippen LogP contribution in [0.3, 0.4) is 0 Å². The van der Waals surface area contributed by atoms with E-state index in [9.17, 15) is 0 Å². The molecule has 1 aromatic heterocycles. The molecule has 2 heterocycles. The number of aryl methyl sites for hydroxylation is 2. The van der Waals surface area contributed by atoms with Crippen LogP contribution in [-0.2, 0) is 11.3 Å². The number of hydrogen-bond acceptors (Lipinski definition) is 0. The highest BCUT2D eigenvalue weighted by Crippen LogP contribution is 3.01. The quantitative estimate of drug-likeness (QED) is 0.0785. The van der Waals surface area contributed by atoms with Gasteiger partial charge in [-0.3, -0.25) is 0 Å². The second-order valence-corrected chi connectivity index (χ2v) is 32.1. The molecule has 2 aromatic carbocycles. The lowest BCUT2D eigenvalue weighted by molar-refractivity contribution is 0.396. The van der Waals surface area contributed by atoms with Crippen LogP contribution in [0.4, 0.5) is 0 Å². The van der Waals surface area contributed by atoms with Gasteiger partial charge in [0.05, 0.1) is 0 Å². The summed E-state index contributed by atoms with van der Waals surface area (Å²) in [5.74, 6) is 5.44. The summed E-state index contributed by atoms with van der Waals surface area (Å²) in [6.45, 7) is 17.1. The highest BCUT2D eigenvalue weighted by Gasteiger charge is 2.73. The summed E-state index contributed by atoms with van der Waals surface area (Å²) in [4.78, 5) is 0. The van der Waals surface area contributed by atoms with Gasteiger partial charge in [0.2, 0.25) is 0 Å². The Hall–Kier alpha value is -1.14. The van der Waals surface area contributed by atoms with E-state index in [1.807, 2.05) is 16.2 Å². The van der Waals surface area contributed by atoms with Gasteiger partial charge in [-0.05, 0) is 135 Å². The number of unbranched alkanes of at least 4 members (excludes halogenated alkanes) is 7. The van der Waals surface area contributed by atoms with Gasteiger partial charge in [0.1, 0.15) is 0 Å². The lowest BCUT2D eigenvalue weighted by Gasteiger charge is -2.66. The van der Waals surface area contributed by atoms with Crippen molar-refractivity contribution in [1.29, 1.82) is 0 Å². The maximum absolute atomic E-state index is 3.15. The zero-order valence-electron chi connectivity index (χ0n) is 37.6. The fraction of sp³-hybridized carbons (Fsp3) is 0.630. The normalized spacial score (nSPS) is 31.2. The summed E-state index contributed by atoms with van der Waals surface area (Å²) >= 11 is 0. The highest BCUT2D eigenvalue weighted by molar-refractivity contribution is 8.37. The van der Waals surface area contributed by atoms with Gasteiger partial charge in [-0.1, -0.05) is 206 Å². The summed E-state index contributed by atoms with van der Waals surface area (Å²) in [6, 6.07) is 19.7. The summed E-state index contributed by atoms with van der Waals surface area (Å²) in [5, 5.41) is 8.31. The minimum atomic E-state index is -0.301. The Morgan fingerprint density at radius 1 is 0.690 bits per heavy atom. The van der Waals surface area contributed by atoms with E-state index in [1.165, 1.54) is 115 Å². The van der Waals surface area contributed by atoms with Gasteiger partial charge in [-0.25, -0.2) is 0 Å². The van der Waals surface area contributed by atoms with Gasteiger partial charge in [0.15, 0.2) is 0 Å². The molecule has 12 unspecified atom stereocenters. The number of rotatable bonds is 20. The number of hydrogen-bond donors (Lipinski definition) is 0. The van der Waals surface area contributed by atoms with Crippen LogP contribution in [0.15, 0.2) is 78.9 Å². The van der Waals surface area contributed by atoms with Crippen molar-refractivity contribution >= 4 is 40.5 Å². The topological polar surface area (TPSA) is 0 Å². The zero-order valence-corrected chi connectivity index (χ0v) is 41.2. The molecule has 1 saturated heterocycles. The molecular weight excluding hydrogens is 772 g/mol. The fourth-order valence-corrected chi connectivity index (χ4v) is 36.5. The van der Waals surface area contributed by atoms with Gasteiger partial charge in [-0.2, -0.15) is 0 Å². The monoisotopic (exact) mass is 851 g/mol. The summed E-state index contributed by atoms with van der Waals surface area (Å²) < 4.78 is 0. The van der Waals surface area contributed by atoms with Crippen LogP contribution in [0.25, 0.3) is 10.9 Å². The van der Waals surface area contributed by atoms with Crippen LogP contribution in [-0.4, -0.2) is 11.8 Å². The van der Waals surface area contributed by atoms with Crippen molar-refractivity contribution in [3.05, 3.63) is 101 Å². The molecule has 3 fully saturated rings. The Balaban J connectivity index is 1.34. The SMILES string of the molecule is CCCCCCCp1c2c(p1-c1ccccc1C)C(C1C(CCC)CC3C=CC=CC31)=CC1CC(CCCC)C3P(c4ccccc4C)P(CCCCCC(C)C)C213. The molecule has 5 aliphatic rings. The van der Waals surface area contributed by atoms with E-state index in [4.69, 9.17) is 0 Å². The van der Waals surface area contributed by atoms with E-state index >= 15 is 0 Å². The van der Waals surface area contributed by atoms with Gasteiger partial charge in [0, 0.05) is 21.4 Å². The van der Waals surface area contributed by atoms with Crippen LogP contribution >= 0.6 is 29.6 Å². The fourth-order valence-electron chi connectivity index (χ4n) is 13.0. The number of allylic oxidation sites excluding steroid dienone is 6. The second kappa shape index (κ2) is 19.5. The molecule has 4 aliphatic carbocycles. The maximum atomic E-state index is 3.15. The van der Waals surface area contributed by atoms with Crippen LogP contribution < -0.4 is 5.30 Å². The molecule has 0 bridgehead atoms. The Bertz CT molecular complexity index is 1920. The molecule has 0 nitrogen and oxygen atoms in total. The minimum Gasteiger partial charge on any atom is -0.0940 e.